The molecule has 1 spiro atoms. The van der Waals surface area contributed by atoms with E-state index in [1.54, 1.807) is 24.3 Å². The molecule has 6 nitrogen and oxygen atoms in total. The Bertz CT molecular complexity index is 967. The number of nitrogens with zero attached hydrogens (tertiary/aromatic N) is 1. The van der Waals surface area contributed by atoms with Crippen LogP contribution in [0.15, 0.2) is 48.5 Å². The van der Waals surface area contributed by atoms with Gasteiger partial charge in [0.05, 0.1) is 17.8 Å². The number of hydrogen-bond acceptors (Lipinski definition) is 4. The molecule has 2 aliphatic heterocycles. The fourth-order valence-electron chi connectivity index (χ4n) is 4.57. The van der Waals surface area contributed by atoms with E-state index in [1.807, 2.05) is 18.7 Å². The van der Waals surface area contributed by atoms with E-state index in [1.165, 1.54) is 24.3 Å². The summed E-state index contributed by atoms with van der Waals surface area (Å²) < 4.78 is 25.1. The third-order valence-electron chi connectivity index (χ3n) is 6.37. The van der Waals surface area contributed by atoms with Gasteiger partial charge in [-0.25, -0.2) is 4.39 Å². The topological polar surface area (TPSA) is 67.9 Å². The first-order chi connectivity index (χ1) is 15.8. The lowest BCUT2D eigenvalue weighted by Crippen LogP contribution is -2.47. The number of halogens is 1. The van der Waals surface area contributed by atoms with Gasteiger partial charge < -0.3 is 19.7 Å². The van der Waals surface area contributed by atoms with Crippen molar-refractivity contribution in [3.63, 3.8) is 0 Å². The molecule has 4 rings (SSSR count). The highest BCUT2D eigenvalue weighted by Crippen LogP contribution is 2.39. The van der Waals surface area contributed by atoms with Gasteiger partial charge in [0.25, 0.3) is 11.8 Å². The molecule has 0 saturated carbocycles. The minimum atomic E-state index is -0.348. The third-order valence-corrected chi connectivity index (χ3v) is 6.37. The van der Waals surface area contributed by atoms with Crippen molar-refractivity contribution < 1.29 is 23.5 Å². The molecular formula is C26H31FN2O4. The highest BCUT2D eigenvalue weighted by atomic mass is 19.1. The number of carbonyl (C=O) groups is 2. The van der Waals surface area contributed by atoms with Gasteiger partial charge in [-0.3, -0.25) is 9.59 Å². The molecular weight excluding hydrogens is 423 g/mol. The molecule has 2 heterocycles. The molecule has 2 aromatic carbocycles. The van der Waals surface area contributed by atoms with Crippen molar-refractivity contribution in [1.82, 2.24) is 10.2 Å². The van der Waals surface area contributed by atoms with Crippen LogP contribution < -0.4 is 10.1 Å². The predicted molar refractivity (Wildman–Crippen MR) is 123 cm³/mol. The molecule has 2 aliphatic rings. The van der Waals surface area contributed by atoms with E-state index in [4.69, 9.17) is 9.47 Å². The fraction of sp³-hybridized carbons (Fsp3) is 0.462. The van der Waals surface area contributed by atoms with Crippen LogP contribution in [0.3, 0.4) is 0 Å². The zero-order chi connectivity index (χ0) is 23.4. The molecule has 2 saturated heterocycles. The Morgan fingerprint density at radius 1 is 1.06 bits per heavy atom. The van der Waals surface area contributed by atoms with Crippen LogP contribution in [-0.4, -0.2) is 54.2 Å². The summed E-state index contributed by atoms with van der Waals surface area (Å²) in [6.45, 7) is 5.60. The van der Waals surface area contributed by atoms with Crippen LogP contribution in [-0.2, 0) is 4.74 Å². The Hall–Kier alpha value is -2.93. The van der Waals surface area contributed by atoms with Gasteiger partial charge >= 0.3 is 0 Å². The molecule has 0 aliphatic carbocycles. The van der Waals surface area contributed by atoms with Crippen molar-refractivity contribution in [2.45, 2.75) is 57.3 Å². The average Bonchev–Trinajstić information content (AvgIpc) is 3.20. The van der Waals surface area contributed by atoms with Crippen molar-refractivity contribution in [3.8, 4) is 5.75 Å². The predicted octanol–water partition coefficient (Wildman–Crippen LogP) is 4.20. The number of carbonyl (C=O) groups excluding carboxylic acids is 2. The Kier molecular flexibility index (Phi) is 6.98. The number of rotatable bonds is 6. The second-order valence-corrected chi connectivity index (χ2v) is 9.16. The van der Waals surface area contributed by atoms with E-state index >= 15 is 0 Å². The molecule has 33 heavy (non-hydrogen) atoms. The Morgan fingerprint density at radius 2 is 1.70 bits per heavy atom. The summed E-state index contributed by atoms with van der Waals surface area (Å²) in [6, 6.07) is 12.8. The van der Waals surface area contributed by atoms with Crippen LogP contribution in [0.5, 0.6) is 5.75 Å². The third kappa shape index (κ3) is 5.71. The summed E-state index contributed by atoms with van der Waals surface area (Å²) in [4.78, 5) is 27.0. The molecule has 0 bridgehead atoms. The number of benzene rings is 2. The second-order valence-electron chi connectivity index (χ2n) is 9.16. The van der Waals surface area contributed by atoms with Crippen molar-refractivity contribution in [3.05, 3.63) is 65.5 Å². The maximum absolute atomic E-state index is 13.1. The monoisotopic (exact) mass is 454 g/mol. The molecule has 0 unspecified atom stereocenters. The van der Waals surface area contributed by atoms with Gasteiger partial charge in [-0.2, -0.15) is 0 Å². The standard InChI is InChI=1S/C26H31FN2O4/c1-18(2)32-22-9-5-19(6-10-22)24(30)28-17-23-11-12-26(33-23)13-15-29(16-14-26)25(31)20-3-7-21(27)8-4-20/h3-10,18,23H,11-17H2,1-2H3,(H,28,30)/t23-/m0/s1. The molecule has 0 radical (unpaired) electrons. The number of ether oxygens (including phenoxy) is 2. The Morgan fingerprint density at radius 3 is 2.33 bits per heavy atom. The van der Waals surface area contributed by atoms with Gasteiger partial charge in [0.1, 0.15) is 11.6 Å². The quantitative estimate of drug-likeness (QED) is 0.711. The summed E-state index contributed by atoms with van der Waals surface area (Å²) >= 11 is 0. The van der Waals surface area contributed by atoms with Crippen molar-refractivity contribution >= 4 is 11.8 Å². The van der Waals surface area contributed by atoms with Gasteiger partial charge in [-0.05, 0) is 88.1 Å². The van der Waals surface area contributed by atoms with Gasteiger partial charge in [-0.15, -0.1) is 0 Å². The molecule has 1 atom stereocenters. The van der Waals surface area contributed by atoms with Crippen LogP contribution >= 0.6 is 0 Å². The Labute approximate surface area is 194 Å². The summed E-state index contributed by atoms with van der Waals surface area (Å²) in [6.07, 6.45) is 3.39. The average molecular weight is 455 g/mol. The molecule has 2 amide bonds. The van der Waals surface area contributed by atoms with E-state index in [0.29, 0.717) is 30.8 Å². The smallest absolute Gasteiger partial charge is 0.253 e. The van der Waals surface area contributed by atoms with Crippen molar-refractivity contribution in [1.29, 1.82) is 0 Å². The summed E-state index contributed by atoms with van der Waals surface area (Å²) in [5.74, 6) is 0.192. The van der Waals surface area contributed by atoms with Crippen molar-refractivity contribution in [2.24, 2.45) is 0 Å². The van der Waals surface area contributed by atoms with Crippen LogP contribution in [0.2, 0.25) is 0 Å². The van der Waals surface area contributed by atoms with E-state index in [-0.39, 0.29) is 35.4 Å². The molecule has 2 aromatic rings. The van der Waals surface area contributed by atoms with Crippen molar-refractivity contribution in [2.75, 3.05) is 19.6 Å². The van der Waals surface area contributed by atoms with Gasteiger partial charge in [0.15, 0.2) is 0 Å². The Balaban J connectivity index is 1.24. The summed E-state index contributed by atoms with van der Waals surface area (Å²) in [7, 11) is 0. The largest absolute Gasteiger partial charge is 0.491 e. The number of piperidine rings is 1. The fourth-order valence-corrected chi connectivity index (χ4v) is 4.57. The lowest BCUT2D eigenvalue weighted by atomic mass is 9.88. The minimum absolute atomic E-state index is 0.0307. The molecule has 1 N–H and O–H groups in total. The van der Waals surface area contributed by atoms with Crippen LogP contribution in [0.1, 0.15) is 60.2 Å². The van der Waals surface area contributed by atoms with E-state index in [0.717, 1.165) is 31.4 Å². The lowest BCUT2D eigenvalue weighted by Gasteiger charge is -2.39. The van der Waals surface area contributed by atoms with E-state index < -0.39 is 0 Å². The molecule has 2 fully saturated rings. The second kappa shape index (κ2) is 9.91. The minimum Gasteiger partial charge on any atom is -0.491 e. The number of amides is 2. The highest BCUT2D eigenvalue weighted by Gasteiger charge is 2.43. The van der Waals surface area contributed by atoms with Crippen LogP contribution in [0.25, 0.3) is 0 Å². The van der Waals surface area contributed by atoms with Crippen LogP contribution in [0, 0.1) is 5.82 Å². The van der Waals surface area contributed by atoms with Gasteiger partial charge in [-0.1, -0.05) is 0 Å². The molecule has 0 aromatic heterocycles. The normalized spacial score (nSPS) is 19.6. The maximum atomic E-state index is 13.1. The molecule has 7 heteroatoms. The van der Waals surface area contributed by atoms with Gasteiger partial charge in [0, 0.05) is 30.8 Å². The van der Waals surface area contributed by atoms with Gasteiger partial charge in [0.2, 0.25) is 0 Å². The zero-order valence-electron chi connectivity index (χ0n) is 19.2. The van der Waals surface area contributed by atoms with E-state index in [9.17, 15) is 14.0 Å². The van der Waals surface area contributed by atoms with Crippen LogP contribution in [0.4, 0.5) is 4.39 Å². The summed E-state index contributed by atoms with van der Waals surface area (Å²) in [5.41, 5.74) is 0.862. The first-order valence-corrected chi connectivity index (χ1v) is 11.6. The number of nitrogens with one attached hydrogen (secondary N) is 1. The molecule has 176 valence electrons. The van der Waals surface area contributed by atoms with E-state index in [2.05, 4.69) is 5.32 Å². The number of hydrogen-bond donors (Lipinski definition) is 1. The first kappa shape index (κ1) is 23.2. The number of likely N-dealkylation sites (tertiary alicyclic amines) is 1. The maximum Gasteiger partial charge on any atom is 0.253 e. The first-order valence-electron chi connectivity index (χ1n) is 11.6. The SMILES string of the molecule is CC(C)Oc1ccc(C(=O)NC[C@@H]2CCC3(CCN(C(=O)c4ccc(F)cc4)CC3)O2)cc1. The summed E-state index contributed by atoms with van der Waals surface area (Å²) in [5, 5.41) is 2.98. The lowest BCUT2D eigenvalue weighted by molar-refractivity contribution is -0.0712. The zero-order valence-corrected chi connectivity index (χ0v) is 19.2. The highest BCUT2D eigenvalue weighted by molar-refractivity contribution is 5.94.